The van der Waals surface area contributed by atoms with Crippen LogP contribution in [-0.4, -0.2) is 69.3 Å². The average molecular weight is 519 g/mol. The molecule has 1 atom stereocenters. The number of rotatable bonds is 11. The first kappa shape index (κ1) is 29.1. The maximum atomic E-state index is 13.8. The average Bonchev–Trinajstić information content (AvgIpc) is 2.81. The summed E-state index contributed by atoms with van der Waals surface area (Å²) in [5, 5.41) is 2.84. The smallest absolute Gasteiger partial charge is 0.304 e. The second kappa shape index (κ2) is 12.2. The number of carbonyl (C=O) groups excluding carboxylic acids is 2. The van der Waals surface area contributed by atoms with E-state index in [1.807, 2.05) is 39.0 Å². The van der Waals surface area contributed by atoms with Crippen molar-refractivity contribution in [3.05, 3.63) is 59.2 Å². The Morgan fingerprint density at radius 3 is 2.28 bits per heavy atom. The van der Waals surface area contributed by atoms with Gasteiger partial charge in [0.05, 0.1) is 12.8 Å². The van der Waals surface area contributed by atoms with Gasteiger partial charge in [0.1, 0.15) is 18.3 Å². The van der Waals surface area contributed by atoms with Crippen LogP contribution < -0.4 is 14.4 Å². The molecular formula is C26H38N4O5S. The minimum Gasteiger partial charge on any atom is -0.497 e. The summed E-state index contributed by atoms with van der Waals surface area (Å²) < 4.78 is 34.1. The highest BCUT2D eigenvalue weighted by atomic mass is 32.2. The van der Waals surface area contributed by atoms with E-state index in [0.29, 0.717) is 17.0 Å². The molecule has 2 aromatic carbocycles. The number of aryl methyl sites for hydroxylation is 2. The fourth-order valence-corrected chi connectivity index (χ4v) is 4.76. The zero-order chi connectivity index (χ0) is 27.2. The summed E-state index contributed by atoms with van der Waals surface area (Å²) in [5.74, 6) is -0.211. The standard InChI is InChI=1S/C26H38N4O5S/c1-18(2)27-26(32)21(5)29(16-22-10-9-11-23(15-22)35-8)25(31)17-30(36(33,34)28(6)7)24-14-19(3)12-13-20(24)4/h9-15,18,21H,16-17H2,1-8H3,(H,27,32)/t21-/m1/s1. The number of anilines is 1. The third kappa shape index (κ3) is 7.20. The van der Waals surface area contributed by atoms with Gasteiger partial charge >= 0.3 is 10.2 Å². The Labute approximate surface area is 215 Å². The zero-order valence-electron chi connectivity index (χ0n) is 22.4. The SMILES string of the molecule is COc1cccc(CN(C(=O)CN(c2cc(C)ccc2C)S(=O)(=O)N(C)C)[C@H](C)C(=O)NC(C)C)c1. The van der Waals surface area contributed by atoms with E-state index in [0.717, 1.165) is 19.7 Å². The van der Waals surface area contributed by atoms with E-state index in [4.69, 9.17) is 4.74 Å². The third-order valence-electron chi connectivity index (χ3n) is 5.74. The summed E-state index contributed by atoms with van der Waals surface area (Å²) in [6.07, 6.45) is 0. The van der Waals surface area contributed by atoms with Crippen molar-refractivity contribution < 1.29 is 22.7 Å². The number of benzene rings is 2. The summed E-state index contributed by atoms with van der Waals surface area (Å²) in [4.78, 5) is 28.1. The molecule has 10 heteroatoms. The minimum absolute atomic E-state index is 0.103. The molecule has 198 valence electrons. The van der Waals surface area contributed by atoms with Crippen molar-refractivity contribution in [3.8, 4) is 5.75 Å². The first-order valence-corrected chi connectivity index (χ1v) is 13.2. The molecule has 2 aromatic rings. The van der Waals surface area contributed by atoms with Gasteiger partial charge in [-0.3, -0.25) is 9.59 Å². The van der Waals surface area contributed by atoms with Gasteiger partial charge in [0.25, 0.3) is 0 Å². The van der Waals surface area contributed by atoms with Crippen LogP contribution in [0.5, 0.6) is 5.75 Å². The fourth-order valence-electron chi connectivity index (χ4n) is 3.65. The number of hydrogen-bond acceptors (Lipinski definition) is 5. The van der Waals surface area contributed by atoms with Crippen LogP contribution in [-0.2, 0) is 26.3 Å². The molecule has 2 rings (SSSR count). The lowest BCUT2D eigenvalue weighted by Gasteiger charge is -2.33. The molecule has 0 unspecified atom stereocenters. The monoisotopic (exact) mass is 518 g/mol. The molecule has 0 fully saturated rings. The summed E-state index contributed by atoms with van der Waals surface area (Å²) >= 11 is 0. The van der Waals surface area contributed by atoms with Crippen molar-refractivity contribution in [2.75, 3.05) is 32.1 Å². The van der Waals surface area contributed by atoms with Gasteiger partial charge in [-0.25, -0.2) is 4.31 Å². The maximum absolute atomic E-state index is 13.8. The lowest BCUT2D eigenvalue weighted by atomic mass is 10.1. The highest BCUT2D eigenvalue weighted by Crippen LogP contribution is 2.26. The van der Waals surface area contributed by atoms with Gasteiger partial charge in [-0.15, -0.1) is 0 Å². The van der Waals surface area contributed by atoms with E-state index in [2.05, 4.69) is 5.32 Å². The van der Waals surface area contributed by atoms with E-state index in [1.165, 1.54) is 19.0 Å². The van der Waals surface area contributed by atoms with Gasteiger partial charge < -0.3 is 15.0 Å². The molecule has 1 N–H and O–H groups in total. The molecule has 9 nitrogen and oxygen atoms in total. The van der Waals surface area contributed by atoms with Gasteiger partial charge in [-0.2, -0.15) is 12.7 Å². The number of nitrogens with one attached hydrogen (secondary N) is 1. The van der Waals surface area contributed by atoms with Crippen LogP contribution in [0.15, 0.2) is 42.5 Å². The summed E-state index contributed by atoms with van der Waals surface area (Å²) in [6.45, 7) is 8.61. The molecular weight excluding hydrogens is 480 g/mol. The summed E-state index contributed by atoms with van der Waals surface area (Å²) in [5.41, 5.74) is 2.74. The van der Waals surface area contributed by atoms with E-state index < -0.39 is 28.7 Å². The first-order chi connectivity index (χ1) is 16.8. The molecule has 0 heterocycles. The van der Waals surface area contributed by atoms with Gasteiger partial charge in [0.15, 0.2) is 0 Å². The number of ether oxygens (including phenoxy) is 1. The lowest BCUT2D eigenvalue weighted by Crippen LogP contribution is -2.53. The first-order valence-electron chi connectivity index (χ1n) is 11.8. The van der Waals surface area contributed by atoms with Gasteiger partial charge in [-0.1, -0.05) is 24.3 Å². The second-order valence-corrected chi connectivity index (χ2v) is 11.4. The normalized spacial score (nSPS) is 12.4. The number of methoxy groups -OCH3 is 1. The third-order valence-corrected chi connectivity index (χ3v) is 7.54. The lowest BCUT2D eigenvalue weighted by molar-refractivity contribution is -0.139. The van der Waals surface area contributed by atoms with Crippen molar-refractivity contribution in [1.29, 1.82) is 0 Å². The molecule has 2 amide bonds. The van der Waals surface area contributed by atoms with Crippen molar-refractivity contribution in [2.45, 2.75) is 53.2 Å². The largest absolute Gasteiger partial charge is 0.497 e. The molecule has 0 radical (unpaired) electrons. The quantitative estimate of drug-likeness (QED) is 0.493. The van der Waals surface area contributed by atoms with Crippen LogP contribution in [0, 0.1) is 13.8 Å². The van der Waals surface area contributed by atoms with Crippen molar-refractivity contribution in [1.82, 2.24) is 14.5 Å². The molecule has 0 bridgehead atoms. The Morgan fingerprint density at radius 1 is 1.03 bits per heavy atom. The molecule has 0 aliphatic rings. The number of nitrogens with zero attached hydrogens (tertiary/aromatic N) is 3. The Bertz CT molecular complexity index is 1180. The van der Waals surface area contributed by atoms with Crippen LogP contribution in [0.25, 0.3) is 0 Å². The molecule has 0 saturated carbocycles. The van der Waals surface area contributed by atoms with E-state index in [-0.39, 0.29) is 18.5 Å². The van der Waals surface area contributed by atoms with Crippen molar-refractivity contribution in [3.63, 3.8) is 0 Å². The Morgan fingerprint density at radius 2 is 1.69 bits per heavy atom. The number of carbonyl (C=O) groups is 2. The van der Waals surface area contributed by atoms with E-state index in [1.54, 1.807) is 45.2 Å². The Kier molecular flexibility index (Phi) is 9.89. The van der Waals surface area contributed by atoms with Gasteiger partial charge in [0.2, 0.25) is 11.8 Å². The van der Waals surface area contributed by atoms with Crippen molar-refractivity contribution in [2.24, 2.45) is 0 Å². The van der Waals surface area contributed by atoms with Crippen LogP contribution in [0.4, 0.5) is 5.69 Å². The Hall–Kier alpha value is -3.11. The Balaban J connectivity index is 2.52. The van der Waals surface area contributed by atoms with Crippen LogP contribution in [0.1, 0.15) is 37.5 Å². The van der Waals surface area contributed by atoms with Gasteiger partial charge in [0, 0.05) is 26.7 Å². The maximum Gasteiger partial charge on any atom is 0.304 e. The molecule has 36 heavy (non-hydrogen) atoms. The summed E-state index contributed by atoms with van der Waals surface area (Å²) in [7, 11) is 0.383. The molecule has 0 spiro atoms. The van der Waals surface area contributed by atoms with Crippen LogP contribution in [0.2, 0.25) is 0 Å². The van der Waals surface area contributed by atoms with Gasteiger partial charge in [-0.05, 0) is 69.5 Å². The predicted octanol–water partition coefficient (Wildman–Crippen LogP) is 2.87. The molecule has 0 aromatic heterocycles. The fraction of sp³-hybridized carbons (Fsp3) is 0.462. The van der Waals surface area contributed by atoms with Crippen LogP contribution >= 0.6 is 0 Å². The molecule has 0 saturated heterocycles. The topological polar surface area (TPSA) is 99.3 Å². The van der Waals surface area contributed by atoms with Crippen molar-refractivity contribution >= 4 is 27.7 Å². The number of amides is 2. The van der Waals surface area contributed by atoms with E-state index >= 15 is 0 Å². The minimum atomic E-state index is -4.01. The second-order valence-electron chi connectivity index (χ2n) is 9.30. The number of hydrogen-bond donors (Lipinski definition) is 1. The van der Waals surface area contributed by atoms with Crippen LogP contribution in [0.3, 0.4) is 0 Å². The highest BCUT2D eigenvalue weighted by molar-refractivity contribution is 7.90. The van der Waals surface area contributed by atoms with E-state index in [9.17, 15) is 18.0 Å². The molecule has 0 aliphatic carbocycles. The zero-order valence-corrected chi connectivity index (χ0v) is 23.2. The highest BCUT2D eigenvalue weighted by Gasteiger charge is 2.33. The molecule has 0 aliphatic heterocycles. The summed E-state index contributed by atoms with van der Waals surface area (Å²) in [6, 6.07) is 11.7. The predicted molar refractivity (Wildman–Crippen MR) is 142 cm³/mol.